The highest BCUT2D eigenvalue weighted by Crippen LogP contribution is 2.30. The molecule has 2 aromatic carbocycles. The molecule has 0 aliphatic carbocycles. The summed E-state index contributed by atoms with van der Waals surface area (Å²) in [6.45, 7) is 4.79. The number of aromatic nitrogens is 1. The molecule has 168 valence electrons. The fourth-order valence-electron chi connectivity index (χ4n) is 3.64. The molecule has 0 saturated carbocycles. The van der Waals surface area contributed by atoms with Crippen molar-refractivity contribution >= 4 is 55.6 Å². The van der Waals surface area contributed by atoms with Crippen LogP contribution in [0.2, 0.25) is 5.02 Å². The number of hydrogen-bond acceptors (Lipinski definition) is 6. The van der Waals surface area contributed by atoms with Crippen LogP contribution in [0.1, 0.15) is 6.92 Å². The minimum Gasteiger partial charge on any atom is -0.353 e. The van der Waals surface area contributed by atoms with Gasteiger partial charge in [-0.25, -0.2) is 13.4 Å². The van der Waals surface area contributed by atoms with Gasteiger partial charge in [0.2, 0.25) is 5.91 Å². The molecular formula is C22H24ClN5O3S. The fourth-order valence-corrected chi connectivity index (χ4v) is 4.95. The van der Waals surface area contributed by atoms with Crippen molar-refractivity contribution < 1.29 is 13.2 Å². The minimum atomic E-state index is -3.94. The molecule has 0 bridgehead atoms. The highest BCUT2D eigenvalue weighted by Gasteiger charge is 2.21. The summed E-state index contributed by atoms with van der Waals surface area (Å²) in [4.78, 5) is 20.3. The number of piperazine rings is 1. The van der Waals surface area contributed by atoms with Gasteiger partial charge in [-0.2, -0.15) is 0 Å². The topological polar surface area (TPSA) is 94.6 Å². The number of amides is 1. The Labute approximate surface area is 192 Å². The van der Waals surface area contributed by atoms with Crippen LogP contribution in [0, 0.1) is 0 Å². The average Bonchev–Trinajstić information content (AvgIpc) is 2.74. The summed E-state index contributed by atoms with van der Waals surface area (Å²) in [7, 11) is -1.86. The summed E-state index contributed by atoms with van der Waals surface area (Å²) in [6.07, 6.45) is 0. The van der Waals surface area contributed by atoms with Crippen LogP contribution in [0.3, 0.4) is 0 Å². The van der Waals surface area contributed by atoms with E-state index in [0.717, 1.165) is 42.8 Å². The second-order valence-electron chi connectivity index (χ2n) is 7.77. The van der Waals surface area contributed by atoms with Crippen molar-refractivity contribution in [3.63, 3.8) is 0 Å². The van der Waals surface area contributed by atoms with Gasteiger partial charge < -0.3 is 15.1 Å². The van der Waals surface area contributed by atoms with Crippen molar-refractivity contribution in [3.05, 3.63) is 53.6 Å². The molecule has 0 atom stereocenters. The van der Waals surface area contributed by atoms with Gasteiger partial charge in [0.05, 0.1) is 15.6 Å². The molecule has 10 heteroatoms. The first kappa shape index (κ1) is 22.3. The Morgan fingerprint density at radius 2 is 1.78 bits per heavy atom. The monoisotopic (exact) mass is 473 g/mol. The third-order valence-electron chi connectivity index (χ3n) is 5.32. The van der Waals surface area contributed by atoms with Crippen molar-refractivity contribution in [2.45, 2.75) is 11.8 Å². The van der Waals surface area contributed by atoms with E-state index in [2.05, 4.69) is 31.9 Å². The van der Waals surface area contributed by atoms with E-state index in [4.69, 9.17) is 11.6 Å². The molecule has 2 N–H and O–H groups in total. The number of nitrogens with one attached hydrogen (secondary N) is 2. The highest BCUT2D eigenvalue weighted by molar-refractivity contribution is 7.92. The third-order valence-corrected chi connectivity index (χ3v) is 6.99. The van der Waals surface area contributed by atoms with Crippen LogP contribution >= 0.6 is 11.6 Å². The Morgan fingerprint density at radius 3 is 2.47 bits per heavy atom. The predicted octanol–water partition coefficient (Wildman–Crippen LogP) is 3.40. The van der Waals surface area contributed by atoms with Gasteiger partial charge in [-0.1, -0.05) is 35.9 Å². The standard InChI is InChI=1S/C22H24ClN5O3S/c1-15(29)24-20-8-7-17(14-19(20)23)32(30,31)26-21-13-16-5-3-4-6-18(16)22(25-21)28-11-9-27(2)10-12-28/h3-8,13-14H,9-12H2,1-2H3,(H,24,29)(H,25,26). The van der Waals surface area contributed by atoms with Crippen LogP contribution in [0.5, 0.6) is 0 Å². The van der Waals surface area contributed by atoms with Crippen LogP contribution in [0.15, 0.2) is 53.4 Å². The molecular weight excluding hydrogens is 450 g/mol. The zero-order chi connectivity index (χ0) is 22.9. The van der Waals surface area contributed by atoms with Gasteiger partial charge in [-0.05, 0) is 36.7 Å². The smallest absolute Gasteiger partial charge is 0.263 e. The summed E-state index contributed by atoms with van der Waals surface area (Å²) in [6, 6.07) is 13.7. The average molecular weight is 474 g/mol. The molecule has 0 spiro atoms. The first-order valence-corrected chi connectivity index (χ1v) is 12.0. The Balaban J connectivity index is 1.68. The molecule has 32 heavy (non-hydrogen) atoms. The van der Waals surface area contributed by atoms with Gasteiger partial charge in [-0.15, -0.1) is 0 Å². The van der Waals surface area contributed by atoms with E-state index >= 15 is 0 Å². The number of hydrogen-bond donors (Lipinski definition) is 2. The molecule has 1 amide bonds. The molecule has 1 aromatic heterocycles. The van der Waals surface area contributed by atoms with Crippen molar-refractivity contribution in [1.29, 1.82) is 0 Å². The largest absolute Gasteiger partial charge is 0.353 e. The number of nitrogens with zero attached hydrogens (tertiary/aromatic N) is 3. The SMILES string of the molecule is CC(=O)Nc1ccc(S(=O)(=O)Nc2cc3ccccc3c(N3CCN(C)CC3)n2)cc1Cl. The van der Waals surface area contributed by atoms with Gasteiger partial charge in [0.15, 0.2) is 0 Å². The second kappa shape index (κ2) is 8.93. The third kappa shape index (κ3) is 4.79. The molecule has 2 heterocycles. The number of rotatable bonds is 5. The Hall–Kier alpha value is -2.88. The number of pyridine rings is 1. The maximum absolute atomic E-state index is 13.0. The molecule has 8 nitrogen and oxygen atoms in total. The quantitative estimate of drug-likeness (QED) is 0.589. The molecule has 1 saturated heterocycles. The lowest BCUT2D eigenvalue weighted by atomic mass is 10.1. The van der Waals surface area contributed by atoms with Gasteiger partial charge in [-0.3, -0.25) is 9.52 Å². The maximum atomic E-state index is 13.0. The lowest BCUT2D eigenvalue weighted by Gasteiger charge is -2.34. The van der Waals surface area contributed by atoms with E-state index < -0.39 is 10.0 Å². The molecule has 0 unspecified atom stereocenters. The van der Waals surface area contributed by atoms with Gasteiger partial charge in [0.25, 0.3) is 10.0 Å². The number of likely N-dealkylation sites (N-methyl/N-ethyl adjacent to an activating group) is 1. The van der Waals surface area contributed by atoms with Gasteiger partial charge in [0.1, 0.15) is 11.6 Å². The van der Waals surface area contributed by atoms with Crippen LogP contribution in [0.4, 0.5) is 17.3 Å². The summed E-state index contributed by atoms with van der Waals surface area (Å²) >= 11 is 6.17. The number of anilines is 3. The first-order valence-electron chi connectivity index (χ1n) is 10.2. The van der Waals surface area contributed by atoms with E-state index in [1.807, 2.05) is 24.3 Å². The fraction of sp³-hybridized carbons (Fsp3) is 0.273. The first-order chi connectivity index (χ1) is 15.2. The van der Waals surface area contributed by atoms with E-state index in [1.54, 1.807) is 6.07 Å². The number of carbonyl (C=O) groups excluding carboxylic acids is 1. The summed E-state index contributed by atoms with van der Waals surface area (Å²) in [5.41, 5.74) is 0.347. The molecule has 1 aliphatic heterocycles. The minimum absolute atomic E-state index is 0.0206. The predicted molar refractivity (Wildman–Crippen MR) is 128 cm³/mol. The zero-order valence-corrected chi connectivity index (χ0v) is 19.4. The molecule has 1 fully saturated rings. The van der Waals surface area contributed by atoms with E-state index in [9.17, 15) is 13.2 Å². The van der Waals surface area contributed by atoms with Crippen molar-refractivity contribution in [2.24, 2.45) is 0 Å². The molecule has 4 rings (SSSR count). The molecule has 3 aromatic rings. The number of benzene rings is 2. The number of halogens is 1. The van der Waals surface area contributed by atoms with Gasteiger partial charge >= 0.3 is 0 Å². The van der Waals surface area contributed by atoms with Crippen LogP contribution in [0.25, 0.3) is 10.8 Å². The summed E-state index contributed by atoms with van der Waals surface area (Å²) in [5, 5.41) is 4.56. The van der Waals surface area contributed by atoms with Crippen LogP contribution in [-0.2, 0) is 14.8 Å². The Morgan fingerprint density at radius 1 is 1.06 bits per heavy atom. The van der Waals surface area contributed by atoms with Crippen LogP contribution in [-0.4, -0.2) is 57.4 Å². The Kier molecular flexibility index (Phi) is 6.23. The van der Waals surface area contributed by atoms with E-state index in [0.29, 0.717) is 5.69 Å². The van der Waals surface area contributed by atoms with E-state index in [-0.39, 0.29) is 21.6 Å². The maximum Gasteiger partial charge on any atom is 0.263 e. The normalized spacial score (nSPS) is 15.0. The highest BCUT2D eigenvalue weighted by atomic mass is 35.5. The van der Waals surface area contributed by atoms with Gasteiger partial charge in [0, 0.05) is 38.5 Å². The molecule has 0 radical (unpaired) electrons. The second-order valence-corrected chi connectivity index (χ2v) is 9.86. The molecule has 1 aliphatic rings. The number of fused-ring (bicyclic) bond motifs is 1. The van der Waals surface area contributed by atoms with Crippen LogP contribution < -0.4 is 14.9 Å². The summed E-state index contributed by atoms with van der Waals surface area (Å²) in [5.74, 6) is 0.699. The van der Waals surface area contributed by atoms with Crippen molar-refractivity contribution in [1.82, 2.24) is 9.88 Å². The van der Waals surface area contributed by atoms with Crippen molar-refractivity contribution in [2.75, 3.05) is 48.2 Å². The van der Waals surface area contributed by atoms with E-state index in [1.165, 1.54) is 25.1 Å². The van der Waals surface area contributed by atoms with Crippen molar-refractivity contribution in [3.8, 4) is 0 Å². The summed E-state index contributed by atoms with van der Waals surface area (Å²) < 4.78 is 28.7. The zero-order valence-electron chi connectivity index (χ0n) is 17.8. The Bertz CT molecular complexity index is 1270. The number of sulfonamides is 1. The number of carbonyl (C=O) groups is 1. The lowest BCUT2D eigenvalue weighted by molar-refractivity contribution is -0.114. The lowest BCUT2D eigenvalue weighted by Crippen LogP contribution is -2.45.